The highest BCUT2D eigenvalue weighted by Gasteiger charge is 2.07. The number of benzene rings is 2. The molecule has 0 spiro atoms. The van der Waals surface area contributed by atoms with Crippen molar-refractivity contribution in [1.29, 1.82) is 0 Å². The van der Waals surface area contributed by atoms with Gasteiger partial charge in [0, 0.05) is 4.47 Å². The molecule has 0 radical (unpaired) electrons. The molecule has 0 aliphatic heterocycles. The zero-order valence-corrected chi connectivity index (χ0v) is 12.7. The number of hydrogen-bond donors (Lipinski definition) is 0. The van der Waals surface area contributed by atoms with Gasteiger partial charge in [0.15, 0.2) is 0 Å². The third-order valence-corrected chi connectivity index (χ3v) is 5.21. The van der Waals surface area contributed by atoms with Gasteiger partial charge < -0.3 is 0 Å². The molecule has 0 saturated carbocycles. The maximum absolute atomic E-state index is 3.62. The van der Waals surface area contributed by atoms with Gasteiger partial charge in [-0.05, 0) is 28.2 Å². The van der Waals surface area contributed by atoms with Gasteiger partial charge in [0.2, 0.25) is 0 Å². The smallest absolute Gasteiger partial charge is 0.0252 e. The molecule has 17 heavy (non-hydrogen) atoms. The van der Waals surface area contributed by atoms with E-state index in [4.69, 9.17) is 0 Å². The maximum Gasteiger partial charge on any atom is 0.0252 e. The van der Waals surface area contributed by atoms with Crippen molar-refractivity contribution in [3.8, 4) is 0 Å². The van der Waals surface area contributed by atoms with Crippen LogP contribution in [-0.4, -0.2) is 0 Å². The Morgan fingerprint density at radius 3 is 2.12 bits per heavy atom. The van der Waals surface area contributed by atoms with Crippen molar-refractivity contribution in [3.63, 3.8) is 0 Å². The van der Waals surface area contributed by atoms with E-state index in [0.29, 0.717) is 5.92 Å². The predicted molar refractivity (Wildman–Crippen MR) is 82.3 cm³/mol. The van der Waals surface area contributed by atoms with Crippen LogP contribution in [0.25, 0.3) is 0 Å². The van der Waals surface area contributed by atoms with Crippen molar-refractivity contribution in [2.24, 2.45) is 0 Å². The van der Waals surface area contributed by atoms with Crippen LogP contribution in [0.15, 0.2) is 53.0 Å². The van der Waals surface area contributed by atoms with Crippen LogP contribution < -0.4 is 10.6 Å². The van der Waals surface area contributed by atoms with Gasteiger partial charge in [-0.1, -0.05) is 80.8 Å². The fourth-order valence-electron chi connectivity index (χ4n) is 1.82. The van der Waals surface area contributed by atoms with E-state index in [2.05, 4.69) is 78.3 Å². The van der Waals surface area contributed by atoms with Gasteiger partial charge in [0.25, 0.3) is 0 Å². The maximum atomic E-state index is 3.62. The van der Waals surface area contributed by atoms with Gasteiger partial charge in [-0.3, -0.25) is 0 Å². The molecule has 0 amide bonds. The van der Waals surface area contributed by atoms with Gasteiger partial charge in [0.05, 0.1) is 0 Å². The molecule has 2 heteroatoms. The summed E-state index contributed by atoms with van der Waals surface area (Å²) in [6.45, 7) is 4.51. The molecule has 0 fully saturated rings. The van der Waals surface area contributed by atoms with Crippen molar-refractivity contribution in [3.05, 3.63) is 58.6 Å². The zero-order chi connectivity index (χ0) is 12.3. The first kappa shape index (κ1) is 12.8. The Bertz CT molecular complexity index is 506. The second-order valence-corrected chi connectivity index (χ2v) is 6.53. The lowest BCUT2D eigenvalue weighted by atomic mass is 10.0. The Labute approximate surface area is 113 Å². The van der Waals surface area contributed by atoms with Crippen LogP contribution in [0.2, 0.25) is 0 Å². The van der Waals surface area contributed by atoms with Gasteiger partial charge in [-0.15, -0.1) is 0 Å². The summed E-state index contributed by atoms with van der Waals surface area (Å²) >= 11 is 3.62. The molecule has 2 rings (SSSR count). The Balaban J connectivity index is 2.34. The highest BCUT2D eigenvalue weighted by atomic mass is 79.9. The second-order valence-electron chi connectivity index (χ2n) is 4.35. The summed E-state index contributed by atoms with van der Waals surface area (Å²) in [5.41, 5.74) is 1.46. The van der Waals surface area contributed by atoms with E-state index in [0.717, 1.165) is 8.58 Å². The van der Waals surface area contributed by atoms with Gasteiger partial charge in [0.1, 0.15) is 0 Å². The molecule has 88 valence electrons. The topological polar surface area (TPSA) is 0 Å². The summed E-state index contributed by atoms with van der Waals surface area (Å²) in [6.07, 6.45) is 0. The lowest BCUT2D eigenvalue weighted by Crippen LogP contribution is -2.10. The third kappa shape index (κ3) is 3.18. The monoisotopic (exact) mass is 306 g/mol. The first-order valence-corrected chi connectivity index (χ1v) is 7.58. The van der Waals surface area contributed by atoms with E-state index in [1.54, 1.807) is 0 Å². The van der Waals surface area contributed by atoms with Gasteiger partial charge in [-0.2, -0.15) is 0 Å². The van der Waals surface area contributed by atoms with E-state index in [9.17, 15) is 0 Å². The summed E-state index contributed by atoms with van der Waals surface area (Å²) in [4.78, 5) is 0. The largest absolute Gasteiger partial charge is 0.0619 e. The van der Waals surface area contributed by atoms with E-state index >= 15 is 0 Å². The van der Waals surface area contributed by atoms with Gasteiger partial charge >= 0.3 is 0 Å². The fraction of sp³-hybridized carbons (Fsp3) is 0.200. The molecule has 0 aromatic heterocycles. The minimum absolute atomic E-state index is 0.584. The van der Waals surface area contributed by atoms with E-state index in [-0.39, 0.29) is 0 Å². The minimum Gasteiger partial charge on any atom is -0.0619 e. The average molecular weight is 307 g/mol. The minimum atomic E-state index is 0.584. The molecule has 0 bridgehead atoms. The molecular formula is C15H16BrP. The van der Waals surface area contributed by atoms with E-state index < -0.39 is 0 Å². The molecule has 0 nitrogen and oxygen atoms in total. The summed E-state index contributed by atoms with van der Waals surface area (Å²) < 4.78 is 1.21. The second kappa shape index (κ2) is 5.80. The molecular weight excluding hydrogens is 291 g/mol. The molecule has 0 saturated heterocycles. The van der Waals surface area contributed by atoms with Crippen LogP contribution in [-0.2, 0) is 0 Å². The van der Waals surface area contributed by atoms with Crippen LogP contribution in [0.1, 0.15) is 25.3 Å². The zero-order valence-electron chi connectivity index (χ0n) is 10.1. The fourth-order valence-corrected chi connectivity index (χ4v) is 3.77. The van der Waals surface area contributed by atoms with Crippen LogP contribution in [0, 0.1) is 0 Å². The van der Waals surface area contributed by atoms with E-state index in [1.807, 2.05) is 0 Å². The SMILES string of the molecule is CC(C)c1ccccc1Pc1ccccc1Br. The molecule has 2 aromatic carbocycles. The summed E-state index contributed by atoms with van der Waals surface area (Å²) in [7, 11) is 0.720. The number of rotatable bonds is 3. The Hall–Kier alpha value is -0.650. The van der Waals surface area contributed by atoms with Crippen LogP contribution in [0.4, 0.5) is 0 Å². The summed E-state index contributed by atoms with van der Waals surface area (Å²) in [5.74, 6) is 0.584. The van der Waals surface area contributed by atoms with Crippen molar-refractivity contribution in [2.45, 2.75) is 19.8 Å². The average Bonchev–Trinajstić information content (AvgIpc) is 2.32. The lowest BCUT2D eigenvalue weighted by Gasteiger charge is -2.13. The van der Waals surface area contributed by atoms with E-state index in [1.165, 1.54) is 20.6 Å². The molecule has 0 heterocycles. The Kier molecular flexibility index (Phi) is 4.36. The predicted octanol–water partition coefficient (Wildman–Crippen LogP) is 4.20. The molecule has 1 atom stereocenters. The standard InChI is InChI=1S/C15H16BrP/c1-11(2)12-7-3-5-9-14(12)17-15-10-6-4-8-13(15)16/h3-11,17H,1-2H3. The Morgan fingerprint density at radius 2 is 1.47 bits per heavy atom. The highest BCUT2D eigenvalue weighted by molar-refractivity contribution is 9.10. The molecule has 2 aromatic rings. The quantitative estimate of drug-likeness (QED) is 0.746. The van der Waals surface area contributed by atoms with Gasteiger partial charge in [-0.25, -0.2) is 0 Å². The molecule has 0 aliphatic rings. The van der Waals surface area contributed by atoms with Crippen LogP contribution in [0.3, 0.4) is 0 Å². The van der Waals surface area contributed by atoms with Crippen molar-refractivity contribution in [1.82, 2.24) is 0 Å². The van der Waals surface area contributed by atoms with Crippen molar-refractivity contribution in [2.75, 3.05) is 0 Å². The van der Waals surface area contributed by atoms with Crippen LogP contribution in [0.5, 0.6) is 0 Å². The molecule has 1 unspecified atom stereocenters. The first-order chi connectivity index (χ1) is 8.18. The third-order valence-electron chi connectivity index (χ3n) is 2.73. The lowest BCUT2D eigenvalue weighted by molar-refractivity contribution is 0.874. The molecule has 0 aliphatic carbocycles. The first-order valence-electron chi connectivity index (χ1n) is 5.79. The Morgan fingerprint density at radius 1 is 0.882 bits per heavy atom. The normalized spacial score (nSPS) is 11.5. The molecule has 0 N–H and O–H groups in total. The van der Waals surface area contributed by atoms with Crippen molar-refractivity contribution >= 4 is 35.1 Å². The van der Waals surface area contributed by atoms with Crippen LogP contribution >= 0.6 is 24.5 Å². The summed E-state index contributed by atoms with van der Waals surface area (Å²) in [5, 5.41) is 2.83. The summed E-state index contributed by atoms with van der Waals surface area (Å²) in [6, 6.07) is 17.2. The van der Waals surface area contributed by atoms with Crippen molar-refractivity contribution < 1.29 is 0 Å². The highest BCUT2D eigenvalue weighted by Crippen LogP contribution is 2.22. The number of hydrogen-bond acceptors (Lipinski definition) is 0. The number of halogens is 1.